The smallest absolute Gasteiger partial charge is 0.310 e. The molecule has 0 saturated heterocycles. The molecule has 0 aromatic heterocycles. The fourth-order valence-corrected chi connectivity index (χ4v) is 2.28. The van der Waals surface area contributed by atoms with Crippen LogP contribution in [-0.4, -0.2) is 23.3 Å². The Bertz CT molecular complexity index is 781. The molecule has 0 unspecified atom stereocenters. The Morgan fingerprint density at radius 2 is 1.88 bits per heavy atom. The Labute approximate surface area is 150 Å². The summed E-state index contributed by atoms with van der Waals surface area (Å²) >= 11 is 2.07. The van der Waals surface area contributed by atoms with E-state index in [1.54, 1.807) is 24.3 Å². The highest BCUT2D eigenvalue weighted by Gasteiger charge is 2.15. The molecule has 9 heteroatoms. The van der Waals surface area contributed by atoms with E-state index in [2.05, 4.69) is 33.4 Å². The van der Waals surface area contributed by atoms with E-state index >= 15 is 0 Å². The summed E-state index contributed by atoms with van der Waals surface area (Å²) in [6, 6.07) is 12.5. The number of benzene rings is 2. The number of ether oxygens (including phenoxy) is 1. The summed E-state index contributed by atoms with van der Waals surface area (Å²) < 4.78 is 5.99. The van der Waals surface area contributed by atoms with Crippen molar-refractivity contribution in [3.05, 3.63) is 67.8 Å². The van der Waals surface area contributed by atoms with Crippen molar-refractivity contribution in [2.45, 2.75) is 0 Å². The number of halogens is 1. The number of amides is 2. The Hall–Kier alpha value is -2.69. The number of carbonyl (C=O) groups excluding carboxylic acids is 2. The molecule has 2 aromatic carbocycles. The monoisotopic (exact) mass is 441 g/mol. The Morgan fingerprint density at radius 1 is 1.12 bits per heavy atom. The van der Waals surface area contributed by atoms with Crippen molar-refractivity contribution in [1.82, 2.24) is 10.9 Å². The van der Waals surface area contributed by atoms with Crippen LogP contribution >= 0.6 is 22.6 Å². The number of para-hydroxylation sites is 2. The zero-order valence-electron chi connectivity index (χ0n) is 12.2. The van der Waals surface area contributed by atoms with Crippen molar-refractivity contribution in [3.8, 4) is 5.75 Å². The van der Waals surface area contributed by atoms with Crippen LogP contribution in [0.1, 0.15) is 10.4 Å². The van der Waals surface area contributed by atoms with Crippen LogP contribution in [0.15, 0.2) is 48.5 Å². The van der Waals surface area contributed by atoms with E-state index in [0.29, 0.717) is 5.56 Å². The van der Waals surface area contributed by atoms with Crippen LogP contribution in [0.5, 0.6) is 5.75 Å². The normalized spacial score (nSPS) is 9.88. The number of rotatable bonds is 5. The maximum absolute atomic E-state index is 11.9. The second-order valence-corrected chi connectivity index (χ2v) is 5.77. The van der Waals surface area contributed by atoms with Crippen molar-refractivity contribution >= 4 is 40.1 Å². The fraction of sp³-hybridized carbons (Fsp3) is 0.0667. The highest BCUT2D eigenvalue weighted by molar-refractivity contribution is 14.1. The van der Waals surface area contributed by atoms with Crippen LogP contribution in [0, 0.1) is 13.7 Å². The minimum Gasteiger partial charge on any atom is -0.477 e. The third-order valence-corrected chi connectivity index (χ3v) is 3.49. The lowest BCUT2D eigenvalue weighted by molar-refractivity contribution is -0.385. The molecule has 2 aromatic rings. The van der Waals surface area contributed by atoms with E-state index in [9.17, 15) is 19.7 Å². The number of nitro groups is 1. The summed E-state index contributed by atoms with van der Waals surface area (Å²) in [7, 11) is 0. The topological polar surface area (TPSA) is 111 Å². The molecular formula is C15H12IN3O5. The Morgan fingerprint density at radius 3 is 2.58 bits per heavy atom. The first-order valence-electron chi connectivity index (χ1n) is 6.68. The van der Waals surface area contributed by atoms with Gasteiger partial charge in [-0.15, -0.1) is 0 Å². The highest BCUT2D eigenvalue weighted by Crippen LogP contribution is 2.25. The van der Waals surface area contributed by atoms with Crippen LogP contribution in [0.2, 0.25) is 0 Å². The van der Waals surface area contributed by atoms with Crippen molar-refractivity contribution in [2.24, 2.45) is 0 Å². The van der Waals surface area contributed by atoms with Crippen molar-refractivity contribution < 1.29 is 19.2 Å². The molecule has 0 heterocycles. The maximum atomic E-state index is 11.9. The summed E-state index contributed by atoms with van der Waals surface area (Å²) in [5.41, 5.74) is 4.58. The Balaban J connectivity index is 1.86. The van der Waals surface area contributed by atoms with Gasteiger partial charge in [-0.3, -0.25) is 30.6 Å². The molecule has 0 aliphatic heterocycles. The van der Waals surface area contributed by atoms with Crippen molar-refractivity contribution in [2.75, 3.05) is 6.61 Å². The second-order valence-electron chi connectivity index (χ2n) is 4.53. The van der Waals surface area contributed by atoms with E-state index in [-0.39, 0.29) is 11.4 Å². The first-order chi connectivity index (χ1) is 11.5. The van der Waals surface area contributed by atoms with Crippen LogP contribution in [0.3, 0.4) is 0 Å². The number of hydrazine groups is 1. The van der Waals surface area contributed by atoms with Crippen LogP contribution < -0.4 is 15.6 Å². The molecule has 0 bridgehead atoms. The van der Waals surface area contributed by atoms with Gasteiger partial charge in [-0.2, -0.15) is 0 Å². The van der Waals surface area contributed by atoms with Gasteiger partial charge in [-0.05, 0) is 46.9 Å². The molecule has 0 aliphatic rings. The van der Waals surface area contributed by atoms with Gasteiger partial charge in [-0.1, -0.05) is 18.2 Å². The minimum absolute atomic E-state index is 0.0263. The first-order valence-corrected chi connectivity index (χ1v) is 7.76. The van der Waals surface area contributed by atoms with Crippen molar-refractivity contribution in [1.29, 1.82) is 0 Å². The lowest BCUT2D eigenvalue weighted by atomic mass is 10.2. The second kappa shape index (κ2) is 8.24. The quantitative estimate of drug-likeness (QED) is 0.419. The Kier molecular flexibility index (Phi) is 6.07. The molecule has 0 atom stereocenters. The van der Waals surface area contributed by atoms with Crippen molar-refractivity contribution in [3.63, 3.8) is 0 Å². The van der Waals surface area contributed by atoms with E-state index in [4.69, 9.17) is 4.74 Å². The molecular weight excluding hydrogens is 429 g/mol. The summed E-state index contributed by atoms with van der Waals surface area (Å²) in [6.07, 6.45) is 0. The molecule has 2 amide bonds. The molecule has 124 valence electrons. The largest absolute Gasteiger partial charge is 0.477 e. The number of hydrogen-bond acceptors (Lipinski definition) is 5. The molecule has 2 rings (SSSR count). The average Bonchev–Trinajstić information content (AvgIpc) is 2.58. The molecule has 0 fully saturated rings. The third kappa shape index (κ3) is 4.91. The summed E-state index contributed by atoms with van der Waals surface area (Å²) in [6.45, 7) is -0.475. The van der Waals surface area contributed by atoms with Gasteiger partial charge in [0.25, 0.3) is 11.8 Å². The molecule has 0 radical (unpaired) electrons. The zero-order chi connectivity index (χ0) is 17.5. The van der Waals surface area contributed by atoms with Crippen LogP contribution in [0.25, 0.3) is 0 Å². The third-order valence-electron chi connectivity index (χ3n) is 2.82. The summed E-state index contributed by atoms with van der Waals surface area (Å²) in [5.74, 6) is -1.15. The average molecular weight is 441 g/mol. The van der Waals surface area contributed by atoms with Gasteiger partial charge >= 0.3 is 5.69 Å². The van der Waals surface area contributed by atoms with E-state index in [1.165, 1.54) is 18.2 Å². The van der Waals surface area contributed by atoms with E-state index in [0.717, 1.165) is 3.57 Å². The number of nitrogens with one attached hydrogen (secondary N) is 2. The van der Waals surface area contributed by atoms with Gasteiger partial charge in [0.2, 0.25) is 0 Å². The fourth-order valence-electron chi connectivity index (χ4n) is 1.74. The lowest BCUT2D eigenvalue weighted by Crippen LogP contribution is -2.43. The molecule has 0 aliphatic carbocycles. The van der Waals surface area contributed by atoms with Gasteiger partial charge in [-0.25, -0.2) is 0 Å². The number of nitrogens with zero attached hydrogens (tertiary/aromatic N) is 1. The highest BCUT2D eigenvalue weighted by atomic mass is 127. The number of hydrogen-bond donors (Lipinski definition) is 2. The van der Waals surface area contributed by atoms with Gasteiger partial charge in [0.1, 0.15) is 0 Å². The molecule has 0 saturated carbocycles. The van der Waals surface area contributed by atoms with Gasteiger partial charge in [0.15, 0.2) is 12.4 Å². The first kappa shape index (κ1) is 17.7. The number of nitro benzene ring substituents is 1. The maximum Gasteiger partial charge on any atom is 0.310 e. The minimum atomic E-state index is -0.646. The van der Waals surface area contributed by atoms with E-state index < -0.39 is 23.3 Å². The predicted molar refractivity (Wildman–Crippen MR) is 93.4 cm³/mol. The summed E-state index contributed by atoms with van der Waals surface area (Å²) in [4.78, 5) is 33.8. The van der Waals surface area contributed by atoms with Gasteiger partial charge in [0, 0.05) is 15.2 Å². The molecule has 2 N–H and O–H groups in total. The standard InChI is InChI=1S/C15H12IN3O5/c16-11-5-3-4-10(8-11)15(21)18-17-14(20)9-24-13-7-2-1-6-12(13)19(22)23/h1-8H,9H2,(H,17,20)(H,18,21). The molecule has 24 heavy (non-hydrogen) atoms. The van der Waals surface area contributed by atoms with Gasteiger partial charge < -0.3 is 4.74 Å². The lowest BCUT2D eigenvalue weighted by Gasteiger charge is -2.09. The number of carbonyl (C=O) groups is 2. The SMILES string of the molecule is O=C(COc1ccccc1[N+](=O)[O-])NNC(=O)c1cccc(I)c1. The van der Waals surface area contributed by atoms with Gasteiger partial charge in [0.05, 0.1) is 4.92 Å². The molecule has 0 spiro atoms. The zero-order valence-corrected chi connectivity index (χ0v) is 14.3. The summed E-state index contributed by atoms with van der Waals surface area (Å²) in [5, 5.41) is 10.8. The van der Waals surface area contributed by atoms with Crippen LogP contribution in [0.4, 0.5) is 5.69 Å². The molecule has 8 nitrogen and oxygen atoms in total. The van der Waals surface area contributed by atoms with Crippen LogP contribution in [-0.2, 0) is 4.79 Å². The predicted octanol–water partition coefficient (Wildman–Crippen LogP) is 2.04. The van der Waals surface area contributed by atoms with E-state index in [1.807, 2.05) is 6.07 Å².